The average Bonchev–Trinajstić information content (AvgIpc) is 2.19. The van der Waals surface area contributed by atoms with Crippen molar-refractivity contribution in [3.63, 3.8) is 0 Å². The first-order valence-corrected chi connectivity index (χ1v) is 5.82. The Morgan fingerprint density at radius 3 is 2.59 bits per heavy atom. The fourth-order valence-corrected chi connectivity index (χ4v) is 2.03. The van der Waals surface area contributed by atoms with Gasteiger partial charge in [-0.1, -0.05) is 13.8 Å². The Kier molecular flexibility index (Phi) is 4.14. The van der Waals surface area contributed by atoms with Crippen molar-refractivity contribution in [3.8, 4) is 5.75 Å². The second-order valence-electron chi connectivity index (χ2n) is 4.43. The third-order valence-electron chi connectivity index (χ3n) is 2.59. The number of methoxy groups -OCH3 is 1. The summed E-state index contributed by atoms with van der Waals surface area (Å²) in [7, 11) is 1.37. The minimum atomic E-state index is -0.894. The zero-order chi connectivity index (χ0) is 13.2. The molecule has 0 aliphatic carbocycles. The van der Waals surface area contributed by atoms with Gasteiger partial charge in [-0.05, 0) is 33.6 Å². The highest BCUT2D eigenvalue weighted by Gasteiger charge is 2.26. The van der Waals surface area contributed by atoms with E-state index in [1.54, 1.807) is 19.9 Å². The number of aliphatic carboxylic acids is 1. The van der Waals surface area contributed by atoms with Crippen molar-refractivity contribution in [2.75, 3.05) is 7.11 Å². The number of halogens is 2. The van der Waals surface area contributed by atoms with Gasteiger partial charge in [0.1, 0.15) is 0 Å². The molecule has 1 aromatic carbocycles. The summed E-state index contributed by atoms with van der Waals surface area (Å²) in [5.41, 5.74) is 0.125. The van der Waals surface area contributed by atoms with Crippen molar-refractivity contribution in [3.05, 3.63) is 28.0 Å². The number of benzene rings is 1. The summed E-state index contributed by atoms with van der Waals surface area (Å²) in [6.45, 7) is 3.58. The van der Waals surface area contributed by atoms with Gasteiger partial charge in [0.25, 0.3) is 0 Å². The van der Waals surface area contributed by atoms with Crippen molar-refractivity contribution >= 4 is 21.9 Å². The Bertz CT molecular complexity index is 444. The topological polar surface area (TPSA) is 46.5 Å². The van der Waals surface area contributed by atoms with E-state index < -0.39 is 17.2 Å². The molecule has 3 nitrogen and oxygen atoms in total. The molecule has 5 heteroatoms. The summed E-state index contributed by atoms with van der Waals surface area (Å²) >= 11 is 3.09. The molecule has 0 aliphatic rings. The van der Waals surface area contributed by atoms with Crippen LogP contribution in [0.3, 0.4) is 0 Å². The van der Waals surface area contributed by atoms with E-state index in [2.05, 4.69) is 15.9 Å². The molecule has 0 bridgehead atoms. The molecule has 0 aliphatic heterocycles. The number of carboxylic acid groups (broad SMARTS) is 1. The monoisotopic (exact) mass is 304 g/mol. The highest BCUT2D eigenvalue weighted by molar-refractivity contribution is 9.10. The van der Waals surface area contributed by atoms with E-state index in [4.69, 9.17) is 9.84 Å². The van der Waals surface area contributed by atoms with Crippen LogP contribution < -0.4 is 4.74 Å². The molecule has 0 fully saturated rings. The molecular weight excluding hydrogens is 291 g/mol. The van der Waals surface area contributed by atoms with E-state index in [1.165, 1.54) is 13.2 Å². The Hall–Kier alpha value is -1.10. The van der Waals surface area contributed by atoms with Gasteiger partial charge in [-0.3, -0.25) is 4.79 Å². The van der Waals surface area contributed by atoms with Gasteiger partial charge in [0.05, 0.1) is 18.0 Å². The zero-order valence-corrected chi connectivity index (χ0v) is 11.5. The molecule has 0 atom stereocenters. The standard InChI is InChI=1S/C12H14BrFO3/c1-12(2,6-10(15)16)7-4-8(13)11(14)9(5-7)17-3/h4-5H,6H2,1-3H3,(H,15,16). The molecule has 0 saturated carbocycles. The van der Waals surface area contributed by atoms with Gasteiger partial charge in [0, 0.05) is 5.41 Å². The molecule has 1 rings (SSSR count). The lowest BCUT2D eigenvalue weighted by atomic mass is 9.81. The maximum absolute atomic E-state index is 13.5. The van der Waals surface area contributed by atoms with Gasteiger partial charge in [0.15, 0.2) is 11.6 Å². The molecule has 0 aromatic heterocycles. The van der Waals surface area contributed by atoms with Crippen LogP contribution in [0.4, 0.5) is 4.39 Å². The highest BCUT2D eigenvalue weighted by Crippen LogP contribution is 2.34. The third kappa shape index (κ3) is 3.19. The van der Waals surface area contributed by atoms with E-state index in [1.807, 2.05) is 0 Å². The molecule has 0 radical (unpaired) electrons. The maximum Gasteiger partial charge on any atom is 0.304 e. The number of rotatable bonds is 4. The largest absolute Gasteiger partial charge is 0.494 e. The minimum absolute atomic E-state index is 0.0335. The van der Waals surface area contributed by atoms with Crippen LogP contribution in [-0.2, 0) is 10.2 Å². The summed E-state index contributed by atoms with van der Waals surface area (Å²) < 4.78 is 18.7. The van der Waals surface area contributed by atoms with E-state index in [0.717, 1.165) is 0 Å². The van der Waals surface area contributed by atoms with Gasteiger partial charge in [-0.15, -0.1) is 0 Å². The molecule has 1 N–H and O–H groups in total. The lowest BCUT2D eigenvalue weighted by molar-refractivity contribution is -0.138. The first-order chi connectivity index (χ1) is 7.77. The van der Waals surface area contributed by atoms with E-state index in [-0.39, 0.29) is 16.6 Å². The quantitative estimate of drug-likeness (QED) is 0.928. The summed E-state index contributed by atoms with van der Waals surface area (Å²) in [4.78, 5) is 10.8. The molecule has 0 spiro atoms. The van der Waals surface area contributed by atoms with Crippen LogP contribution in [0.15, 0.2) is 16.6 Å². The van der Waals surface area contributed by atoms with Gasteiger partial charge in [0.2, 0.25) is 0 Å². The van der Waals surface area contributed by atoms with Crippen molar-refractivity contribution in [1.82, 2.24) is 0 Å². The number of ether oxygens (including phenoxy) is 1. The third-order valence-corrected chi connectivity index (χ3v) is 3.17. The van der Waals surface area contributed by atoms with E-state index >= 15 is 0 Å². The van der Waals surface area contributed by atoms with Crippen LogP contribution in [0.1, 0.15) is 25.8 Å². The number of carbonyl (C=O) groups is 1. The van der Waals surface area contributed by atoms with Crippen molar-refractivity contribution in [1.29, 1.82) is 0 Å². The normalized spacial score (nSPS) is 11.4. The lowest BCUT2D eigenvalue weighted by Gasteiger charge is -2.24. The predicted molar refractivity (Wildman–Crippen MR) is 65.9 cm³/mol. The van der Waals surface area contributed by atoms with Crippen molar-refractivity contribution in [2.24, 2.45) is 0 Å². The Labute approximate surface area is 108 Å². The second-order valence-corrected chi connectivity index (χ2v) is 5.28. The second kappa shape index (κ2) is 5.04. The molecule has 0 amide bonds. The van der Waals surface area contributed by atoms with Crippen LogP contribution in [0, 0.1) is 5.82 Å². The predicted octanol–water partition coefficient (Wildman–Crippen LogP) is 3.35. The number of hydrogen-bond acceptors (Lipinski definition) is 2. The fourth-order valence-electron chi connectivity index (χ4n) is 1.58. The van der Waals surface area contributed by atoms with E-state index in [9.17, 15) is 9.18 Å². The van der Waals surface area contributed by atoms with Crippen LogP contribution in [0.25, 0.3) is 0 Å². The van der Waals surface area contributed by atoms with Crippen molar-refractivity contribution < 1.29 is 19.0 Å². The summed E-state index contributed by atoms with van der Waals surface area (Å²) in [6.07, 6.45) is -0.0335. The summed E-state index contributed by atoms with van der Waals surface area (Å²) in [5, 5.41) is 8.84. The summed E-state index contributed by atoms with van der Waals surface area (Å²) in [6, 6.07) is 3.11. The first kappa shape index (κ1) is 14.0. The number of hydrogen-bond donors (Lipinski definition) is 1. The van der Waals surface area contributed by atoms with Gasteiger partial charge in [-0.25, -0.2) is 4.39 Å². The average molecular weight is 305 g/mol. The maximum atomic E-state index is 13.5. The molecule has 0 heterocycles. The van der Waals surface area contributed by atoms with E-state index in [0.29, 0.717) is 5.56 Å². The SMILES string of the molecule is COc1cc(C(C)(C)CC(=O)O)cc(Br)c1F. The molecule has 1 aromatic rings. The fraction of sp³-hybridized carbons (Fsp3) is 0.417. The highest BCUT2D eigenvalue weighted by atomic mass is 79.9. The van der Waals surface area contributed by atoms with Crippen LogP contribution in [-0.4, -0.2) is 18.2 Å². The number of carboxylic acids is 1. The van der Waals surface area contributed by atoms with Crippen LogP contribution in [0.5, 0.6) is 5.75 Å². The summed E-state index contributed by atoms with van der Waals surface area (Å²) in [5.74, 6) is -1.27. The molecule has 94 valence electrons. The molecular formula is C12H14BrFO3. The van der Waals surface area contributed by atoms with Gasteiger partial charge < -0.3 is 9.84 Å². The van der Waals surface area contributed by atoms with Crippen LogP contribution >= 0.6 is 15.9 Å². The van der Waals surface area contributed by atoms with Crippen molar-refractivity contribution in [2.45, 2.75) is 25.7 Å². The van der Waals surface area contributed by atoms with Crippen LogP contribution in [0.2, 0.25) is 0 Å². The van der Waals surface area contributed by atoms with Gasteiger partial charge >= 0.3 is 5.97 Å². The Morgan fingerprint density at radius 2 is 2.12 bits per heavy atom. The lowest BCUT2D eigenvalue weighted by Crippen LogP contribution is -2.21. The molecule has 17 heavy (non-hydrogen) atoms. The molecule has 0 unspecified atom stereocenters. The van der Waals surface area contributed by atoms with Gasteiger partial charge in [-0.2, -0.15) is 0 Å². The molecule has 0 saturated heterocycles. The first-order valence-electron chi connectivity index (χ1n) is 5.03. The Balaban J connectivity index is 3.22. The minimum Gasteiger partial charge on any atom is -0.494 e. The zero-order valence-electron chi connectivity index (χ0n) is 9.88. The Morgan fingerprint density at radius 1 is 1.53 bits per heavy atom. The smallest absolute Gasteiger partial charge is 0.304 e.